The number of rotatable bonds is 3. The predicted octanol–water partition coefficient (Wildman–Crippen LogP) is 2.18. The first kappa shape index (κ1) is 13.7. The smallest absolute Gasteiger partial charge is 0.194 e. The number of anilines is 1. The van der Waals surface area contributed by atoms with Gasteiger partial charge in [-0.1, -0.05) is 6.92 Å². The van der Waals surface area contributed by atoms with E-state index in [0.717, 1.165) is 35.3 Å². The Morgan fingerprint density at radius 3 is 3.05 bits per heavy atom. The molecule has 114 valence electrons. The van der Waals surface area contributed by atoms with Gasteiger partial charge < -0.3 is 10.6 Å². The number of thiazole rings is 1. The van der Waals surface area contributed by atoms with Gasteiger partial charge >= 0.3 is 0 Å². The van der Waals surface area contributed by atoms with Crippen molar-refractivity contribution in [2.24, 2.45) is 5.92 Å². The number of hydrogen-bond donors (Lipinski definition) is 2. The van der Waals surface area contributed by atoms with Crippen LogP contribution in [0.2, 0.25) is 0 Å². The SMILES string of the molecule is Cc1cn2c(-c3cncc(N[C@@H]4CNC[C@H]4C)n3)cnc2s1. The molecule has 4 rings (SSSR count). The van der Waals surface area contributed by atoms with E-state index in [4.69, 9.17) is 4.98 Å². The van der Waals surface area contributed by atoms with Crippen molar-refractivity contribution in [3.8, 4) is 11.4 Å². The largest absolute Gasteiger partial charge is 0.364 e. The van der Waals surface area contributed by atoms with Crippen LogP contribution in [-0.2, 0) is 0 Å². The molecule has 0 unspecified atom stereocenters. The third kappa shape index (κ3) is 2.36. The van der Waals surface area contributed by atoms with Crippen LogP contribution in [-0.4, -0.2) is 38.5 Å². The first-order chi connectivity index (χ1) is 10.7. The van der Waals surface area contributed by atoms with Gasteiger partial charge in [-0.25, -0.2) is 9.97 Å². The number of hydrogen-bond acceptors (Lipinski definition) is 6. The summed E-state index contributed by atoms with van der Waals surface area (Å²) in [6, 6.07) is 0.401. The minimum atomic E-state index is 0.401. The summed E-state index contributed by atoms with van der Waals surface area (Å²) in [7, 11) is 0. The molecule has 0 aromatic carbocycles. The Hall–Kier alpha value is -1.99. The first-order valence-electron chi connectivity index (χ1n) is 7.44. The van der Waals surface area contributed by atoms with Crippen molar-refractivity contribution in [1.82, 2.24) is 24.7 Å². The topological polar surface area (TPSA) is 67.1 Å². The highest BCUT2D eigenvalue weighted by atomic mass is 32.1. The molecule has 0 aliphatic carbocycles. The molecule has 0 bridgehead atoms. The zero-order chi connectivity index (χ0) is 15.1. The third-order valence-electron chi connectivity index (χ3n) is 4.07. The van der Waals surface area contributed by atoms with Crippen LogP contribution in [0.3, 0.4) is 0 Å². The van der Waals surface area contributed by atoms with Gasteiger partial charge in [0.15, 0.2) is 4.96 Å². The molecule has 22 heavy (non-hydrogen) atoms. The van der Waals surface area contributed by atoms with Gasteiger partial charge in [-0.2, -0.15) is 0 Å². The van der Waals surface area contributed by atoms with E-state index < -0.39 is 0 Å². The molecule has 1 aliphatic heterocycles. The van der Waals surface area contributed by atoms with Gasteiger partial charge in [0.1, 0.15) is 11.5 Å². The minimum absolute atomic E-state index is 0.401. The third-order valence-corrected chi connectivity index (χ3v) is 4.99. The molecule has 6 nitrogen and oxygen atoms in total. The summed E-state index contributed by atoms with van der Waals surface area (Å²) >= 11 is 1.68. The Kier molecular flexibility index (Phi) is 3.31. The molecule has 3 aromatic heterocycles. The quantitative estimate of drug-likeness (QED) is 0.775. The van der Waals surface area contributed by atoms with Crippen molar-refractivity contribution < 1.29 is 0 Å². The van der Waals surface area contributed by atoms with Crippen LogP contribution in [0.25, 0.3) is 16.3 Å². The highest BCUT2D eigenvalue weighted by Crippen LogP contribution is 2.24. The van der Waals surface area contributed by atoms with Crippen LogP contribution in [0, 0.1) is 12.8 Å². The Labute approximate surface area is 132 Å². The van der Waals surface area contributed by atoms with E-state index in [9.17, 15) is 0 Å². The molecule has 3 aromatic rings. The Morgan fingerprint density at radius 2 is 2.23 bits per heavy atom. The summed E-state index contributed by atoms with van der Waals surface area (Å²) in [6.07, 6.45) is 7.52. The van der Waals surface area contributed by atoms with Gasteiger partial charge in [0.05, 0.1) is 24.3 Å². The number of nitrogens with zero attached hydrogens (tertiary/aromatic N) is 4. The summed E-state index contributed by atoms with van der Waals surface area (Å²) < 4.78 is 2.08. The lowest BCUT2D eigenvalue weighted by Crippen LogP contribution is -2.27. The van der Waals surface area contributed by atoms with Crippen molar-refractivity contribution in [3.63, 3.8) is 0 Å². The van der Waals surface area contributed by atoms with E-state index >= 15 is 0 Å². The fourth-order valence-corrected chi connectivity index (χ4v) is 3.64. The maximum absolute atomic E-state index is 4.71. The lowest BCUT2D eigenvalue weighted by molar-refractivity contribution is 0.593. The number of imidazole rings is 1. The molecule has 1 fully saturated rings. The zero-order valence-electron chi connectivity index (χ0n) is 12.6. The second-order valence-corrected chi connectivity index (χ2v) is 7.03. The van der Waals surface area contributed by atoms with E-state index in [-0.39, 0.29) is 0 Å². The maximum atomic E-state index is 4.71. The van der Waals surface area contributed by atoms with Crippen LogP contribution in [0.15, 0.2) is 24.8 Å². The fourth-order valence-electron chi connectivity index (χ4n) is 2.84. The summed E-state index contributed by atoms with van der Waals surface area (Å²) in [6.45, 7) is 6.33. The van der Waals surface area contributed by atoms with E-state index in [0.29, 0.717) is 12.0 Å². The molecule has 1 saturated heterocycles. The molecular formula is C15H18N6S. The maximum Gasteiger partial charge on any atom is 0.194 e. The van der Waals surface area contributed by atoms with Crippen LogP contribution >= 0.6 is 11.3 Å². The molecule has 2 N–H and O–H groups in total. The van der Waals surface area contributed by atoms with Gasteiger partial charge in [-0.3, -0.25) is 9.38 Å². The van der Waals surface area contributed by atoms with Gasteiger partial charge in [0.25, 0.3) is 0 Å². The van der Waals surface area contributed by atoms with Crippen molar-refractivity contribution in [2.75, 3.05) is 18.4 Å². The van der Waals surface area contributed by atoms with E-state index in [2.05, 4.69) is 45.0 Å². The highest BCUT2D eigenvalue weighted by Gasteiger charge is 2.23. The molecule has 7 heteroatoms. The van der Waals surface area contributed by atoms with E-state index in [1.807, 2.05) is 6.20 Å². The van der Waals surface area contributed by atoms with Crippen molar-refractivity contribution in [3.05, 3.63) is 29.7 Å². The molecule has 0 radical (unpaired) electrons. The Morgan fingerprint density at radius 1 is 1.32 bits per heavy atom. The summed E-state index contributed by atoms with van der Waals surface area (Å²) in [5, 5.41) is 6.87. The monoisotopic (exact) mass is 314 g/mol. The first-order valence-corrected chi connectivity index (χ1v) is 8.25. The molecule has 4 heterocycles. The number of aromatic nitrogens is 4. The van der Waals surface area contributed by atoms with E-state index in [1.54, 1.807) is 23.7 Å². The molecular weight excluding hydrogens is 296 g/mol. The lowest BCUT2D eigenvalue weighted by atomic mass is 10.1. The van der Waals surface area contributed by atoms with Gasteiger partial charge in [0.2, 0.25) is 0 Å². The molecule has 0 saturated carbocycles. The minimum Gasteiger partial charge on any atom is -0.364 e. The van der Waals surface area contributed by atoms with Crippen LogP contribution in [0.1, 0.15) is 11.8 Å². The summed E-state index contributed by atoms with van der Waals surface area (Å²) in [4.78, 5) is 15.7. The molecule has 0 amide bonds. The Bertz CT molecular complexity index is 807. The van der Waals surface area contributed by atoms with Crippen molar-refractivity contribution in [2.45, 2.75) is 19.9 Å². The van der Waals surface area contributed by atoms with Crippen LogP contribution < -0.4 is 10.6 Å². The van der Waals surface area contributed by atoms with Gasteiger partial charge in [-0.05, 0) is 19.4 Å². The normalized spacial score (nSPS) is 21.5. The summed E-state index contributed by atoms with van der Waals surface area (Å²) in [5.41, 5.74) is 1.82. The molecule has 1 aliphatic rings. The number of nitrogens with one attached hydrogen (secondary N) is 2. The number of aryl methyl sites for hydroxylation is 1. The average Bonchev–Trinajstić information content (AvgIpc) is 3.16. The van der Waals surface area contributed by atoms with Crippen LogP contribution in [0.5, 0.6) is 0 Å². The standard InChI is InChI=1S/C15H18N6S/c1-9-3-16-4-11(9)19-14-7-17-5-12(20-14)13-6-18-15-21(13)8-10(2)22-15/h5-9,11,16H,3-4H2,1-2H3,(H,19,20)/t9-,11-/m1/s1. The van der Waals surface area contributed by atoms with E-state index in [1.165, 1.54) is 4.88 Å². The highest BCUT2D eigenvalue weighted by molar-refractivity contribution is 7.17. The van der Waals surface area contributed by atoms with Crippen molar-refractivity contribution >= 4 is 22.1 Å². The van der Waals surface area contributed by atoms with Crippen molar-refractivity contribution in [1.29, 1.82) is 0 Å². The van der Waals surface area contributed by atoms with Gasteiger partial charge in [0, 0.05) is 23.7 Å². The second-order valence-electron chi connectivity index (χ2n) is 5.81. The average molecular weight is 314 g/mol. The summed E-state index contributed by atoms with van der Waals surface area (Å²) in [5.74, 6) is 1.41. The fraction of sp³-hybridized carbons (Fsp3) is 0.400. The zero-order valence-corrected chi connectivity index (χ0v) is 13.4. The second kappa shape index (κ2) is 5.33. The lowest BCUT2D eigenvalue weighted by Gasteiger charge is -2.16. The van der Waals surface area contributed by atoms with Gasteiger partial charge in [-0.15, -0.1) is 11.3 Å². The predicted molar refractivity (Wildman–Crippen MR) is 88.3 cm³/mol. The molecule has 0 spiro atoms. The molecule has 2 atom stereocenters. The Balaban J connectivity index is 1.66. The number of fused-ring (bicyclic) bond motifs is 1. The van der Waals surface area contributed by atoms with Crippen LogP contribution in [0.4, 0.5) is 5.82 Å².